The summed E-state index contributed by atoms with van der Waals surface area (Å²) in [5.41, 5.74) is 2.43. The first kappa shape index (κ1) is 12.9. The van der Waals surface area contributed by atoms with Gasteiger partial charge in [-0.3, -0.25) is 4.79 Å². The Bertz CT molecular complexity index is 451. The molecule has 3 N–H and O–H groups in total. The molecule has 1 saturated heterocycles. The van der Waals surface area contributed by atoms with Crippen LogP contribution in [0, 0.1) is 13.8 Å². The van der Waals surface area contributed by atoms with Gasteiger partial charge in [0.15, 0.2) is 0 Å². The minimum absolute atomic E-state index is 0.00574. The predicted octanol–water partition coefficient (Wildman–Crippen LogP) is 2.09. The second-order valence-corrected chi connectivity index (χ2v) is 4.95. The number of hydrogen-bond donors (Lipinski definition) is 3. The van der Waals surface area contributed by atoms with Crippen molar-refractivity contribution in [3.05, 3.63) is 23.3 Å². The van der Waals surface area contributed by atoms with Gasteiger partial charge in [-0.1, -0.05) is 6.07 Å². The standard InChI is InChI=1S/C14H20N2O2/c1-9-5-6-12(17)10(2)14(9)16-13(18)8-11-4-3-7-15-11/h5-6,11,15,17H,3-4,7-8H2,1-2H3,(H,16,18). The minimum Gasteiger partial charge on any atom is -0.508 e. The molecule has 98 valence electrons. The van der Waals surface area contributed by atoms with Crippen LogP contribution in [-0.4, -0.2) is 23.6 Å². The molecule has 1 aromatic rings. The summed E-state index contributed by atoms with van der Waals surface area (Å²) in [5, 5.41) is 15.9. The van der Waals surface area contributed by atoms with E-state index < -0.39 is 0 Å². The number of benzene rings is 1. The van der Waals surface area contributed by atoms with Gasteiger partial charge in [0.1, 0.15) is 5.75 Å². The molecule has 1 unspecified atom stereocenters. The molecular weight excluding hydrogens is 228 g/mol. The van der Waals surface area contributed by atoms with Gasteiger partial charge in [-0.15, -0.1) is 0 Å². The van der Waals surface area contributed by atoms with Crippen molar-refractivity contribution in [3.8, 4) is 5.75 Å². The van der Waals surface area contributed by atoms with Crippen molar-refractivity contribution < 1.29 is 9.90 Å². The molecule has 1 amide bonds. The lowest BCUT2D eigenvalue weighted by Gasteiger charge is -2.14. The third-order valence-electron chi connectivity index (χ3n) is 3.50. The summed E-state index contributed by atoms with van der Waals surface area (Å²) in [4.78, 5) is 12.0. The Morgan fingerprint density at radius 2 is 2.28 bits per heavy atom. The number of hydrogen-bond acceptors (Lipinski definition) is 3. The average Bonchev–Trinajstić information content (AvgIpc) is 2.82. The number of phenolic OH excluding ortho intramolecular Hbond substituents is 1. The number of anilines is 1. The molecule has 4 nitrogen and oxygen atoms in total. The van der Waals surface area contributed by atoms with Gasteiger partial charge >= 0.3 is 0 Å². The number of amides is 1. The van der Waals surface area contributed by atoms with E-state index in [9.17, 15) is 9.90 Å². The van der Waals surface area contributed by atoms with E-state index in [1.165, 1.54) is 0 Å². The van der Waals surface area contributed by atoms with Gasteiger partial charge < -0.3 is 15.7 Å². The molecule has 2 rings (SSSR count). The van der Waals surface area contributed by atoms with E-state index in [0.29, 0.717) is 12.5 Å². The first-order chi connectivity index (χ1) is 8.58. The van der Waals surface area contributed by atoms with E-state index in [0.717, 1.165) is 36.2 Å². The molecule has 0 saturated carbocycles. The number of aromatic hydroxyl groups is 1. The summed E-state index contributed by atoms with van der Waals surface area (Å²) in [6.45, 7) is 4.74. The predicted molar refractivity (Wildman–Crippen MR) is 71.9 cm³/mol. The van der Waals surface area contributed by atoms with Crippen molar-refractivity contribution in [3.63, 3.8) is 0 Å². The maximum absolute atomic E-state index is 12.0. The lowest BCUT2D eigenvalue weighted by atomic mass is 10.1. The summed E-state index contributed by atoms with van der Waals surface area (Å²) in [7, 11) is 0. The molecule has 0 aliphatic carbocycles. The molecule has 1 aromatic carbocycles. The molecule has 4 heteroatoms. The van der Waals surface area contributed by atoms with Crippen LogP contribution in [-0.2, 0) is 4.79 Å². The fourth-order valence-corrected chi connectivity index (χ4v) is 2.37. The number of carbonyl (C=O) groups excluding carboxylic acids is 1. The zero-order valence-corrected chi connectivity index (χ0v) is 10.9. The van der Waals surface area contributed by atoms with Crippen LogP contribution in [0.15, 0.2) is 12.1 Å². The van der Waals surface area contributed by atoms with E-state index in [2.05, 4.69) is 10.6 Å². The molecule has 1 atom stereocenters. The maximum atomic E-state index is 12.0. The average molecular weight is 248 g/mol. The van der Waals surface area contributed by atoms with Crippen LogP contribution in [0.3, 0.4) is 0 Å². The van der Waals surface area contributed by atoms with Gasteiger partial charge in [0, 0.05) is 18.0 Å². The zero-order valence-electron chi connectivity index (χ0n) is 10.9. The van der Waals surface area contributed by atoms with Crippen molar-refractivity contribution in [1.29, 1.82) is 0 Å². The van der Waals surface area contributed by atoms with E-state index in [4.69, 9.17) is 0 Å². The van der Waals surface area contributed by atoms with Crippen molar-refractivity contribution in [1.82, 2.24) is 5.32 Å². The largest absolute Gasteiger partial charge is 0.508 e. The Labute approximate surface area is 107 Å². The number of phenols is 1. The van der Waals surface area contributed by atoms with Gasteiger partial charge in [-0.25, -0.2) is 0 Å². The van der Waals surface area contributed by atoms with Gasteiger partial charge in [-0.05, 0) is 44.9 Å². The highest BCUT2D eigenvalue weighted by Crippen LogP contribution is 2.28. The van der Waals surface area contributed by atoms with Crippen LogP contribution in [0.25, 0.3) is 0 Å². The second-order valence-electron chi connectivity index (χ2n) is 4.95. The third kappa shape index (κ3) is 2.82. The normalized spacial score (nSPS) is 18.9. The first-order valence-corrected chi connectivity index (χ1v) is 6.40. The lowest BCUT2D eigenvalue weighted by Crippen LogP contribution is -2.27. The van der Waals surface area contributed by atoms with E-state index in [1.807, 2.05) is 19.9 Å². The summed E-state index contributed by atoms with van der Waals surface area (Å²) in [5.74, 6) is 0.223. The number of rotatable bonds is 3. The highest BCUT2D eigenvalue weighted by Gasteiger charge is 2.18. The molecule has 1 fully saturated rings. The molecule has 0 radical (unpaired) electrons. The summed E-state index contributed by atoms with van der Waals surface area (Å²) in [6.07, 6.45) is 2.70. The SMILES string of the molecule is Cc1ccc(O)c(C)c1NC(=O)CC1CCCN1. The Balaban J connectivity index is 2.04. The van der Waals surface area contributed by atoms with Crippen LogP contribution in [0.1, 0.15) is 30.4 Å². The second kappa shape index (κ2) is 5.40. The molecule has 1 aliphatic rings. The van der Waals surface area contributed by atoms with Gasteiger partial charge in [0.2, 0.25) is 5.91 Å². The fraction of sp³-hybridized carbons (Fsp3) is 0.500. The Hall–Kier alpha value is -1.55. The molecule has 0 spiro atoms. The van der Waals surface area contributed by atoms with Crippen molar-refractivity contribution in [2.24, 2.45) is 0 Å². The Morgan fingerprint density at radius 3 is 2.94 bits per heavy atom. The first-order valence-electron chi connectivity index (χ1n) is 6.40. The summed E-state index contributed by atoms with van der Waals surface area (Å²) in [6, 6.07) is 3.76. The molecule has 1 aliphatic heterocycles. The van der Waals surface area contributed by atoms with Gasteiger partial charge in [0.05, 0.1) is 5.69 Å². The molecule has 1 heterocycles. The number of carbonyl (C=O) groups is 1. The van der Waals surface area contributed by atoms with Gasteiger partial charge in [0.25, 0.3) is 0 Å². The minimum atomic E-state index is 0.00574. The highest BCUT2D eigenvalue weighted by molar-refractivity contribution is 5.93. The van der Waals surface area contributed by atoms with E-state index >= 15 is 0 Å². The van der Waals surface area contributed by atoms with Crippen LogP contribution in [0.2, 0.25) is 0 Å². The van der Waals surface area contributed by atoms with Crippen LogP contribution in [0.5, 0.6) is 5.75 Å². The zero-order chi connectivity index (χ0) is 13.1. The molecule has 0 aromatic heterocycles. The van der Waals surface area contributed by atoms with Gasteiger partial charge in [-0.2, -0.15) is 0 Å². The lowest BCUT2D eigenvalue weighted by molar-refractivity contribution is -0.116. The molecule has 0 bridgehead atoms. The quantitative estimate of drug-likeness (QED) is 0.767. The molecular formula is C14H20N2O2. The third-order valence-corrected chi connectivity index (χ3v) is 3.50. The number of aryl methyl sites for hydroxylation is 1. The van der Waals surface area contributed by atoms with E-state index in [-0.39, 0.29) is 11.7 Å². The van der Waals surface area contributed by atoms with Crippen LogP contribution in [0.4, 0.5) is 5.69 Å². The topological polar surface area (TPSA) is 61.4 Å². The highest BCUT2D eigenvalue weighted by atomic mass is 16.3. The Morgan fingerprint density at radius 1 is 1.50 bits per heavy atom. The monoisotopic (exact) mass is 248 g/mol. The van der Waals surface area contributed by atoms with Crippen molar-refractivity contribution in [2.75, 3.05) is 11.9 Å². The van der Waals surface area contributed by atoms with Crippen molar-refractivity contribution >= 4 is 11.6 Å². The summed E-state index contributed by atoms with van der Waals surface area (Å²) >= 11 is 0. The van der Waals surface area contributed by atoms with Crippen LogP contribution < -0.4 is 10.6 Å². The Kier molecular flexibility index (Phi) is 3.87. The smallest absolute Gasteiger partial charge is 0.225 e. The fourth-order valence-electron chi connectivity index (χ4n) is 2.37. The van der Waals surface area contributed by atoms with E-state index in [1.54, 1.807) is 6.07 Å². The molecule has 18 heavy (non-hydrogen) atoms. The summed E-state index contributed by atoms with van der Waals surface area (Å²) < 4.78 is 0. The maximum Gasteiger partial charge on any atom is 0.225 e. The van der Waals surface area contributed by atoms with Crippen LogP contribution >= 0.6 is 0 Å². The van der Waals surface area contributed by atoms with Crippen molar-refractivity contribution in [2.45, 2.75) is 39.2 Å². The number of nitrogens with one attached hydrogen (secondary N) is 2.